The number of ether oxygens (including phenoxy) is 1. The number of nitrogens with one attached hydrogen (secondary N) is 1. The van der Waals surface area contributed by atoms with Gasteiger partial charge in [-0.1, -0.05) is 0 Å². The van der Waals surface area contributed by atoms with Crippen LogP contribution in [0.1, 0.15) is 36.5 Å². The standard InChI is InChI=1S/C17H25N7O2/c1-4-23-16(20-21-17(23)25)14-7-11(26-3)8-24(14)15-12-9-22(2)6-5-13(12)18-10-19-15/h10-11,14H,4-9H2,1-3H3,(H,21,25)/t11-,14-/m0/s1. The predicted molar refractivity (Wildman–Crippen MR) is 96.1 cm³/mol. The lowest BCUT2D eigenvalue weighted by molar-refractivity contribution is 0.118. The molecule has 2 atom stereocenters. The lowest BCUT2D eigenvalue weighted by Gasteiger charge is -2.31. The average Bonchev–Trinajstić information content (AvgIpc) is 3.23. The monoisotopic (exact) mass is 359 g/mol. The van der Waals surface area contributed by atoms with Crippen molar-refractivity contribution in [3.05, 3.63) is 33.9 Å². The summed E-state index contributed by atoms with van der Waals surface area (Å²) in [5.41, 5.74) is 2.11. The Morgan fingerprint density at radius 1 is 1.38 bits per heavy atom. The highest BCUT2D eigenvalue weighted by Gasteiger charge is 2.39. The van der Waals surface area contributed by atoms with Crippen LogP contribution in [-0.2, 0) is 24.2 Å². The molecule has 0 radical (unpaired) electrons. The summed E-state index contributed by atoms with van der Waals surface area (Å²) in [6, 6.07) is -0.0508. The summed E-state index contributed by atoms with van der Waals surface area (Å²) in [5, 5.41) is 6.90. The molecule has 0 spiro atoms. The Kier molecular flexibility index (Phi) is 4.49. The highest BCUT2D eigenvalue weighted by atomic mass is 16.5. The SMILES string of the molecule is CCn1c([C@@H]2C[C@H](OC)CN2c2ncnc3c2CN(C)CC3)n[nH]c1=O. The number of rotatable bonds is 4. The third-order valence-corrected chi connectivity index (χ3v) is 5.44. The molecule has 0 saturated carbocycles. The Labute approximate surface area is 152 Å². The van der Waals surface area contributed by atoms with Crippen molar-refractivity contribution in [2.75, 3.05) is 32.1 Å². The lowest BCUT2D eigenvalue weighted by Crippen LogP contribution is -2.33. The summed E-state index contributed by atoms with van der Waals surface area (Å²) in [7, 11) is 3.84. The van der Waals surface area contributed by atoms with Crippen LogP contribution < -0.4 is 10.6 Å². The first-order chi connectivity index (χ1) is 12.6. The van der Waals surface area contributed by atoms with Gasteiger partial charge >= 0.3 is 5.69 Å². The van der Waals surface area contributed by atoms with E-state index in [2.05, 4.69) is 37.0 Å². The number of nitrogens with zero attached hydrogens (tertiary/aromatic N) is 6. The van der Waals surface area contributed by atoms with Gasteiger partial charge in [-0.3, -0.25) is 4.57 Å². The van der Waals surface area contributed by atoms with E-state index >= 15 is 0 Å². The number of likely N-dealkylation sites (N-methyl/N-ethyl adjacent to an activating group) is 1. The first kappa shape index (κ1) is 17.2. The van der Waals surface area contributed by atoms with E-state index in [-0.39, 0.29) is 17.8 Å². The van der Waals surface area contributed by atoms with Gasteiger partial charge in [0.1, 0.15) is 12.1 Å². The fourth-order valence-corrected chi connectivity index (χ4v) is 4.05. The molecule has 0 unspecified atom stereocenters. The van der Waals surface area contributed by atoms with Crippen LogP contribution in [0.2, 0.25) is 0 Å². The van der Waals surface area contributed by atoms with E-state index in [0.29, 0.717) is 6.54 Å². The van der Waals surface area contributed by atoms with E-state index in [1.807, 2.05) is 6.92 Å². The zero-order valence-electron chi connectivity index (χ0n) is 15.5. The summed E-state index contributed by atoms with van der Waals surface area (Å²) in [6.45, 7) is 5.08. The number of aromatic nitrogens is 5. The highest BCUT2D eigenvalue weighted by Crippen LogP contribution is 2.38. The summed E-state index contributed by atoms with van der Waals surface area (Å²) < 4.78 is 7.33. The summed E-state index contributed by atoms with van der Waals surface area (Å²) in [6.07, 6.45) is 3.42. The normalized spacial score (nSPS) is 23.4. The summed E-state index contributed by atoms with van der Waals surface area (Å²) in [5.74, 6) is 1.68. The van der Waals surface area contributed by atoms with Crippen LogP contribution in [0.15, 0.2) is 11.1 Å². The molecule has 4 heterocycles. The van der Waals surface area contributed by atoms with Gasteiger partial charge in [-0.05, 0) is 14.0 Å². The van der Waals surface area contributed by atoms with Crippen molar-refractivity contribution < 1.29 is 4.74 Å². The molecule has 140 valence electrons. The van der Waals surface area contributed by atoms with Gasteiger partial charge in [-0.25, -0.2) is 19.9 Å². The molecular formula is C17H25N7O2. The molecule has 0 bridgehead atoms. The van der Waals surface area contributed by atoms with E-state index in [0.717, 1.165) is 49.8 Å². The number of hydrogen-bond acceptors (Lipinski definition) is 7. The summed E-state index contributed by atoms with van der Waals surface area (Å²) in [4.78, 5) is 25.7. The van der Waals surface area contributed by atoms with Crippen LogP contribution in [0, 0.1) is 0 Å². The van der Waals surface area contributed by atoms with Gasteiger partial charge < -0.3 is 14.5 Å². The fourth-order valence-electron chi connectivity index (χ4n) is 4.05. The Morgan fingerprint density at radius 2 is 2.23 bits per heavy atom. The van der Waals surface area contributed by atoms with Gasteiger partial charge in [-0.2, -0.15) is 5.10 Å². The number of hydrogen-bond donors (Lipinski definition) is 1. The molecule has 9 nitrogen and oxygen atoms in total. The van der Waals surface area contributed by atoms with Crippen molar-refractivity contribution in [2.45, 2.75) is 45.0 Å². The van der Waals surface area contributed by atoms with E-state index in [9.17, 15) is 4.79 Å². The molecule has 0 aliphatic carbocycles. The van der Waals surface area contributed by atoms with Crippen LogP contribution in [0.3, 0.4) is 0 Å². The van der Waals surface area contributed by atoms with Crippen molar-refractivity contribution >= 4 is 5.82 Å². The quantitative estimate of drug-likeness (QED) is 0.841. The van der Waals surface area contributed by atoms with E-state index < -0.39 is 0 Å². The predicted octanol–water partition coefficient (Wildman–Crippen LogP) is 0.336. The molecule has 9 heteroatoms. The molecule has 1 fully saturated rings. The Bertz CT molecular complexity index is 846. The average molecular weight is 359 g/mol. The third kappa shape index (κ3) is 2.80. The van der Waals surface area contributed by atoms with Crippen LogP contribution >= 0.6 is 0 Å². The number of methoxy groups -OCH3 is 1. The number of fused-ring (bicyclic) bond motifs is 1. The van der Waals surface area contributed by atoms with Crippen LogP contribution in [0.4, 0.5) is 5.82 Å². The minimum absolute atomic E-state index is 0.0508. The van der Waals surface area contributed by atoms with Gasteiger partial charge in [0, 0.05) is 51.7 Å². The zero-order chi connectivity index (χ0) is 18.3. The first-order valence-corrected chi connectivity index (χ1v) is 9.08. The van der Waals surface area contributed by atoms with Crippen molar-refractivity contribution in [3.63, 3.8) is 0 Å². The second-order valence-electron chi connectivity index (χ2n) is 7.00. The number of anilines is 1. The van der Waals surface area contributed by atoms with Gasteiger partial charge in [0.25, 0.3) is 0 Å². The maximum absolute atomic E-state index is 12.1. The molecular weight excluding hydrogens is 334 g/mol. The van der Waals surface area contributed by atoms with Crippen molar-refractivity contribution in [2.24, 2.45) is 0 Å². The van der Waals surface area contributed by atoms with E-state index in [1.165, 1.54) is 5.56 Å². The van der Waals surface area contributed by atoms with Gasteiger partial charge in [0.15, 0.2) is 5.82 Å². The molecule has 26 heavy (non-hydrogen) atoms. The number of aromatic amines is 1. The Balaban J connectivity index is 1.78. The van der Waals surface area contributed by atoms with Gasteiger partial charge in [0.2, 0.25) is 0 Å². The smallest absolute Gasteiger partial charge is 0.343 e. The second kappa shape index (κ2) is 6.81. The highest BCUT2D eigenvalue weighted by molar-refractivity contribution is 5.52. The minimum Gasteiger partial charge on any atom is -0.380 e. The van der Waals surface area contributed by atoms with Gasteiger partial charge in [-0.15, -0.1) is 0 Å². The summed E-state index contributed by atoms with van der Waals surface area (Å²) >= 11 is 0. The van der Waals surface area contributed by atoms with Crippen molar-refractivity contribution in [1.29, 1.82) is 0 Å². The number of H-pyrrole nitrogens is 1. The molecule has 1 N–H and O–H groups in total. The maximum atomic E-state index is 12.1. The topological polar surface area (TPSA) is 92.2 Å². The Hall–Kier alpha value is -2.26. The third-order valence-electron chi connectivity index (χ3n) is 5.44. The first-order valence-electron chi connectivity index (χ1n) is 9.08. The lowest BCUT2D eigenvalue weighted by atomic mass is 10.1. The maximum Gasteiger partial charge on any atom is 0.343 e. The minimum atomic E-state index is -0.173. The molecule has 2 aromatic rings. The van der Waals surface area contributed by atoms with Crippen LogP contribution in [-0.4, -0.2) is 63.0 Å². The molecule has 1 saturated heterocycles. The van der Waals surface area contributed by atoms with E-state index in [4.69, 9.17) is 4.74 Å². The van der Waals surface area contributed by atoms with Crippen LogP contribution in [0.25, 0.3) is 0 Å². The molecule has 2 aromatic heterocycles. The van der Waals surface area contributed by atoms with E-state index in [1.54, 1.807) is 18.0 Å². The largest absolute Gasteiger partial charge is 0.380 e. The molecule has 0 aromatic carbocycles. The van der Waals surface area contributed by atoms with Crippen molar-refractivity contribution in [1.82, 2.24) is 29.6 Å². The Morgan fingerprint density at radius 3 is 3.00 bits per heavy atom. The zero-order valence-corrected chi connectivity index (χ0v) is 15.5. The van der Waals surface area contributed by atoms with Crippen LogP contribution in [0.5, 0.6) is 0 Å². The van der Waals surface area contributed by atoms with Gasteiger partial charge in [0.05, 0.1) is 17.8 Å². The fraction of sp³-hybridized carbons (Fsp3) is 0.647. The van der Waals surface area contributed by atoms with Crippen molar-refractivity contribution in [3.8, 4) is 0 Å². The molecule has 2 aliphatic heterocycles. The molecule has 4 rings (SSSR count). The molecule has 0 amide bonds. The molecule has 2 aliphatic rings. The second-order valence-corrected chi connectivity index (χ2v) is 7.00.